The summed E-state index contributed by atoms with van der Waals surface area (Å²) in [6.45, 7) is 0. The molecule has 252 valence electrons. The molecule has 0 bridgehead atoms. The van der Waals surface area contributed by atoms with Crippen LogP contribution in [0.15, 0.2) is 158 Å². The van der Waals surface area contributed by atoms with Gasteiger partial charge in [0.2, 0.25) is 0 Å². The minimum absolute atomic E-state index is 0.842. The van der Waals surface area contributed by atoms with Crippen molar-refractivity contribution < 1.29 is 0 Å². The SMILES string of the molecule is c1ccc(-n2c3ccc4ccc5ccc6ccc7c8c6c5c4c3c3c8c(ccc32)n7-c2nc3ccccc3nc2-c2ccc3sc4ccccc4c3c2)cc1. The van der Waals surface area contributed by atoms with E-state index >= 15 is 0 Å². The van der Waals surface area contributed by atoms with Gasteiger partial charge in [-0.2, -0.15) is 0 Å². The van der Waals surface area contributed by atoms with E-state index in [0.29, 0.717) is 0 Å². The maximum atomic E-state index is 5.54. The molecule has 0 saturated heterocycles. The molecule has 0 amide bonds. The Morgan fingerprint density at radius 3 is 1.58 bits per heavy atom. The van der Waals surface area contributed by atoms with E-state index in [-0.39, 0.29) is 0 Å². The fourth-order valence-corrected chi connectivity index (χ4v) is 11.0. The Morgan fingerprint density at radius 2 is 0.891 bits per heavy atom. The van der Waals surface area contributed by atoms with Crippen LogP contribution in [0, 0.1) is 0 Å². The zero-order valence-corrected chi connectivity index (χ0v) is 30.0. The Balaban J connectivity index is 1.21. The minimum atomic E-state index is 0.842. The number of hydrogen-bond donors (Lipinski definition) is 0. The van der Waals surface area contributed by atoms with Crippen molar-refractivity contribution in [1.29, 1.82) is 0 Å². The maximum absolute atomic E-state index is 5.54. The van der Waals surface area contributed by atoms with Crippen molar-refractivity contribution >= 4 is 118 Å². The van der Waals surface area contributed by atoms with E-state index in [4.69, 9.17) is 9.97 Å². The third-order valence-corrected chi connectivity index (χ3v) is 13.3. The summed E-state index contributed by atoms with van der Waals surface area (Å²) in [4.78, 5) is 11.0. The Hall–Kier alpha value is -7.08. The van der Waals surface area contributed by atoms with Gasteiger partial charge in [-0.15, -0.1) is 11.3 Å². The Morgan fingerprint density at radius 1 is 0.382 bits per heavy atom. The number of benzene rings is 9. The molecule has 14 rings (SSSR count). The van der Waals surface area contributed by atoms with Crippen molar-refractivity contribution in [3.63, 3.8) is 0 Å². The summed E-state index contributed by atoms with van der Waals surface area (Å²) >= 11 is 1.84. The Bertz CT molecular complexity index is 3880. The van der Waals surface area contributed by atoms with E-state index in [9.17, 15) is 0 Å². The van der Waals surface area contributed by atoms with Crippen LogP contribution in [0.3, 0.4) is 0 Å². The second-order valence-corrected chi connectivity index (χ2v) is 16.0. The molecule has 0 aliphatic carbocycles. The first-order chi connectivity index (χ1) is 27.3. The lowest BCUT2D eigenvalue weighted by molar-refractivity contribution is 1.08. The molecular formula is C50H26N4S. The summed E-state index contributed by atoms with van der Waals surface area (Å²) in [7, 11) is 0. The maximum Gasteiger partial charge on any atom is 0.165 e. The van der Waals surface area contributed by atoms with Gasteiger partial charge in [-0.05, 0) is 88.3 Å². The molecule has 10 aromatic carbocycles. The number of fused-ring (bicyclic) bond motifs is 4. The average molecular weight is 715 g/mol. The quantitative estimate of drug-likeness (QED) is 0.171. The van der Waals surface area contributed by atoms with Crippen LogP contribution in [0.2, 0.25) is 0 Å². The summed E-state index contributed by atoms with van der Waals surface area (Å²) in [6, 6.07) is 57.7. The van der Waals surface area contributed by atoms with Crippen molar-refractivity contribution in [2.45, 2.75) is 0 Å². The molecule has 0 aliphatic heterocycles. The highest BCUT2D eigenvalue weighted by Gasteiger charge is 2.28. The molecule has 55 heavy (non-hydrogen) atoms. The van der Waals surface area contributed by atoms with Gasteiger partial charge in [0.05, 0.1) is 33.1 Å². The highest BCUT2D eigenvalue weighted by atomic mass is 32.1. The topological polar surface area (TPSA) is 35.6 Å². The standard InChI is InChI=1S/C50H26N4S/c1-2-8-31(9-3-1)53-36-21-18-28-16-14-27-15-17-29-19-22-38-46-44(29)42(27)43(28)45(36)47-37(53)23-24-39(48(46)47)54(38)50-49(51-34-11-5-6-12-35(34)52-50)30-20-25-41-33(26-30)32-10-4-7-13-40(32)55-41/h1-26H. The van der Waals surface area contributed by atoms with Gasteiger partial charge in [-0.1, -0.05) is 91.0 Å². The van der Waals surface area contributed by atoms with Crippen molar-refractivity contribution in [1.82, 2.24) is 19.1 Å². The largest absolute Gasteiger partial charge is 0.309 e. The van der Waals surface area contributed by atoms with E-state index in [0.717, 1.165) is 44.8 Å². The van der Waals surface area contributed by atoms with Gasteiger partial charge >= 0.3 is 0 Å². The van der Waals surface area contributed by atoms with E-state index < -0.39 is 0 Å². The van der Waals surface area contributed by atoms with Crippen LogP contribution in [-0.2, 0) is 0 Å². The monoisotopic (exact) mass is 714 g/mol. The molecule has 4 nitrogen and oxygen atoms in total. The highest BCUT2D eigenvalue weighted by Crippen LogP contribution is 2.52. The Kier molecular flexibility index (Phi) is 5.12. The van der Waals surface area contributed by atoms with Crippen LogP contribution in [0.4, 0.5) is 0 Å². The second-order valence-electron chi connectivity index (χ2n) is 14.9. The molecule has 0 radical (unpaired) electrons. The van der Waals surface area contributed by atoms with Crippen molar-refractivity contribution in [3.05, 3.63) is 158 Å². The number of hydrogen-bond acceptors (Lipinski definition) is 3. The fourth-order valence-electron chi connectivity index (χ4n) is 9.92. The molecule has 14 aromatic rings. The van der Waals surface area contributed by atoms with Gasteiger partial charge in [0.1, 0.15) is 5.69 Å². The summed E-state index contributed by atoms with van der Waals surface area (Å²) < 4.78 is 7.44. The second kappa shape index (κ2) is 9.91. The average Bonchev–Trinajstić information content (AvgIpc) is 3.87. The predicted octanol–water partition coefficient (Wildman–Crippen LogP) is 13.6. The van der Waals surface area contributed by atoms with Crippen molar-refractivity contribution in [2.24, 2.45) is 0 Å². The molecule has 0 fully saturated rings. The molecule has 0 N–H and O–H groups in total. The van der Waals surface area contributed by atoms with Gasteiger partial charge in [-0.25, -0.2) is 9.97 Å². The van der Waals surface area contributed by atoms with Crippen LogP contribution < -0.4 is 0 Å². The molecule has 0 saturated carbocycles. The van der Waals surface area contributed by atoms with Crippen LogP contribution in [0.1, 0.15) is 0 Å². The number of nitrogens with zero attached hydrogens (tertiary/aromatic N) is 4. The number of aromatic nitrogens is 4. The first kappa shape index (κ1) is 28.4. The van der Waals surface area contributed by atoms with E-state index in [2.05, 4.69) is 167 Å². The van der Waals surface area contributed by atoms with E-state index in [1.807, 2.05) is 11.3 Å². The van der Waals surface area contributed by atoms with E-state index in [1.165, 1.54) is 85.1 Å². The lowest BCUT2D eigenvalue weighted by Gasteiger charge is -2.15. The molecule has 5 heteroatoms. The molecule has 4 aromatic heterocycles. The van der Waals surface area contributed by atoms with E-state index in [1.54, 1.807) is 0 Å². The van der Waals surface area contributed by atoms with Crippen LogP contribution in [0.5, 0.6) is 0 Å². The Labute approximate surface area is 316 Å². The van der Waals surface area contributed by atoms with Crippen LogP contribution >= 0.6 is 11.3 Å². The van der Waals surface area contributed by atoms with Gasteiger partial charge in [-0.3, -0.25) is 4.57 Å². The first-order valence-corrected chi connectivity index (χ1v) is 19.6. The van der Waals surface area contributed by atoms with Gasteiger partial charge in [0, 0.05) is 63.7 Å². The number of thiophene rings is 1. The van der Waals surface area contributed by atoms with Gasteiger partial charge in [0.15, 0.2) is 5.82 Å². The normalized spacial score (nSPS) is 12.7. The molecule has 0 aliphatic rings. The van der Waals surface area contributed by atoms with Crippen LogP contribution in [0.25, 0.3) is 130 Å². The van der Waals surface area contributed by atoms with Crippen molar-refractivity contribution in [2.75, 3.05) is 0 Å². The summed E-state index contributed by atoms with van der Waals surface area (Å²) in [6.07, 6.45) is 0. The summed E-state index contributed by atoms with van der Waals surface area (Å²) in [5.74, 6) is 0.842. The van der Waals surface area contributed by atoms with Gasteiger partial charge < -0.3 is 4.57 Å². The number of para-hydroxylation sites is 3. The molecular weight excluding hydrogens is 689 g/mol. The lowest BCUT2D eigenvalue weighted by Crippen LogP contribution is -2.03. The molecule has 0 atom stereocenters. The number of rotatable bonds is 3. The fraction of sp³-hybridized carbons (Fsp3) is 0. The zero-order chi connectivity index (χ0) is 35.5. The lowest BCUT2D eigenvalue weighted by atomic mass is 9.94. The summed E-state index contributed by atoms with van der Waals surface area (Å²) in [5, 5.41) is 15.4. The smallest absolute Gasteiger partial charge is 0.165 e. The summed E-state index contributed by atoms with van der Waals surface area (Å²) in [5.41, 5.74) is 9.57. The predicted molar refractivity (Wildman–Crippen MR) is 233 cm³/mol. The highest BCUT2D eigenvalue weighted by molar-refractivity contribution is 7.25. The van der Waals surface area contributed by atoms with Crippen LogP contribution in [-0.4, -0.2) is 19.1 Å². The van der Waals surface area contributed by atoms with Crippen molar-refractivity contribution in [3.8, 4) is 22.8 Å². The third kappa shape index (κ3) is 3.48. The third-order valence-electron chi connectivity index (χ3n) is 12.2. The minimum Gasteiger partial charge on any atom is -0.309 e. The zero-order valence-electron chi connectivity index (χ0n) is 29.2. The molecule has 0 spiro atoms. The van der Waals surface area contributed by atoms with Gasteiger partial charge in [0.25, 0.3) is 0 Å². The molecule has 4 heterocycles. The first-order valence-electron chi connectivity index (χ1n) is 18.8. The molecule has 0 unspecified atom stereocenters.